The van der Waals surface area contributed by atoms with E-state index in [0.29, 0.717) is 16.4 Å². The zero-order chi connectivity index (χ0) is 21.3. The lowest BCUT2D eigenvalue weighted by Crippen LogP contribution is -2.44. The van der Waals surface area contributed by atoms with Gasteiger partial charge in [-0.05, 0) is 80.0 Å². The van der Waals surface area contributed by atoms with Crippen molar-refractivity contribution in [3.63, 3.8) is 0 Å². The van der Waals surface area contributed by atoms with Gasteiger partial charge in [0.15, 0.2) is 5.11 Å². The van der Waals surface area contributed by atoms with Crippen LogP contribution >= 0.6 is 12.2 Å². The molecule has 0 aromatic heterocycles. The Balaban J connectivity index is 1.62. The highest BCUT2D eigenvalue weighted by Gasteiger charge is 2.50. The van der Waals surface area contributed by atoms with E-state index in [1.54, 1.807) is 29.2 Å². The van der Waals surface area contributed by atoms with Crippen molar-refractivity contribution in [2.45, 2.75) is 25.8 Å². The summed E-state index contributed by atoms with van der Waals surface area (Å²) in [6, 6.07) is 27.5. The first-order valence-electron chi connectivity index (χ1n) is 9.73. The number of anilines is 2. The number of rotatable bonds is 4. The van der Waals surface area contributed by atoms with Crippen LogP contribution in [0.5, 0.6) is 0 Å². The van der Waals surface area contributed by atoms with Gasteiger partial charge >= 0.3 is 0 Å². The lowest BCUT2D eigenvalue weighted by Gasteiger charge is -2.29. The molecule has 3 aromatic carbocycles. The minimum atomic E-state index is -0.814. The number of nitriles is 1. The van der Waals surface area contributed by atoms with Crippen molar-refractivity contribution in [3.8, 4) is 6.07 Å². The van der Waals surface area contributed by atoms with Crippen molar-refractivity contribution < 1.29 is 4.79 Å². The summed E-state index contributed by atoms with van der Waals surface area (Å²) in [5.41, 5.74) is 3.73. The van der Waals surface area contributed by atoms with Gasteiger partial charge in [0, 0.05) is 5.69 Å². The van der Waals surface area contributed by atoms with Crippen molar-refractivity contribution in [3.05, 3.63) is 95.6 Å². The number of carbonyl (C=O) groups is 1. The first-order chi connectivity index (χ1) is 14.4. The van der Waals surface area contributed by atoms with E-state index in [2.05, 4.69) is 30.3 Å². The van der Waals surface area contributed by atoms with E-state index in [1.807, 2.05) is 49.1 Å². The highest BCUT2D eigenvalue weighted by Crippen LogP contribution is 2.36. The van der Waals surface area contributed by atoms with Gasteiger partial charge in [-0.15, -0.1) is 0 Å². The molecule has 1 saturated heterocycles. The quantitative estimate of drug-likeness (QED) is 0.563. The molecule has 0 bridgehead atoms. The summed E-state index contributed by atoms with van der Waals surface area (Å²) in [6.07, 6.45) is 0.852. The largest absolute Gasteiger partial charge is 0.304 e. The third kappa shape index (κ3) is 3.47. The van der Waals surface area contributed by atoms with Crippen molar-refractivity contribution in [2.75, 3.05) is 9.80 Å². The van der Waals surface area contributed by atoms with E-state index in [1.165, 1.54) is 11.1 Å². The van der Waals surface area contributed by atoms with Crippen molar-refractivity contribution >= 4 is 34.6 Å². The fourth-order valence-corrected chi connectivity index (χ4v) is 4.26. The molecule has 0 atom stereocenters. The molecule has 0 aliphatic carbocycles. The maximum absolute atomic E-state index is 13.2. The van der Waals surface area contributed by atoms with Gasteiger partial charge in [-0.3, -0.25) is 9.69 Å². The van der Waals surface area contributed by atoms with Gasteiger partial charge in [-0.25, -0.2) is 0 Å². The Kier molecular flexibility index (Phi) is 5.11. The number of thiocarbonyl (C=S) groups is 1. The molecular formula is C25H21N3OS. The van der Waals surface area contributed by atoms with Crippen molar-refractivity contribution in [1.29, 1.82) is 5.26 Å². The predicted molar refractivity (Wildman–Crippen MR) is 123 cm³/mol. The molecule has 5 heteroatoms. The summed E-state index contributed by atoms with van der Waals surface area (Å²) in [6.45, 7) is 3.76. The van der Waals surface area contributed by atoms with Gasteiger partial charge in [0.25, 0.3) is 5.91 Å². The van der Waals surface area contributed by atoms with Gasteiger partial charge in [-0.2, -0.15) is 5.26 Å². The van der Waals surface area contributed by atoms with Crippen LogP contribution in [0.25, 0.3) is 0 Å². The molecule has 1 amide bonds. The summed E-state index contributed by atoms with van der Waals surface area (Å²) in [7, 11) is 0. The summed E-state index contributed by atoms with van der Waals surface area (Å²) in [5, 5.41) is 9.46. The van der Waals surface area contributed by atoms with E-state index in [-0.39, 0.29) is 5.91 Å². The molecule has 148 valence electrons. The Labute approximate surface area is 182 Å². The Hall–Kier alpha value is -3.49. The van der Waals surface area contributed by atoms with Crippen LogP contribution in [0.4, 0.5) is 11.4 Å². The van der Waals surface area contributed by atoms with Gasteiger partial charge in [0.2, 0.25) is 0 Å². The predicted octanol–water partition coefficient (Wildman–Crippen LogP) is 5.07. The third-order valence-corrected chi connectivity index (χ3v) is 5.73. The van der Waals surface area contributed by atoms with Crippen LogP contribution in [-0.2, 0) is 11.2 Å². The second-order valence-electron chi connectivity index (χ2n) is 7.81. The molecular weight excluding hydrogens is 390 g/mol. The van der Waals surface area contributed by atoms with E-state index >= 15 is 0 Å². The molecule has 0 unspecified atom stereocenters. The first-order valence-corrected chi connectivity index (χ1v) is 10.1. The summed E-state index contributed by atoms with van der Waals surface area (Å²) < 4.78 is 0. The molecule has 0 saturated carbocycles. The van der Waals surface area contributed by atoms with E-state index < -0.39 is 5.54 Å². The van der Waals surface area contributed by atoms with E-state index in [9.17, 15) is 4.79 Å². The lowest BCUT2D eigenvalue weighted by atomic mass is 10.0. The van der Waals surface area contributed by atoms with Crippen LogP contribution < -0.4 is 9.80 Å². The molecule has 1 aliphatic heterocycles. The fourth-order valence-electron chi connectivity index (χ4n) is 3.74. The zero-order valence-corrected chi connectivity index (χ0v) is 17.7. The standard InChI is InChI=1S/C25H21N3OS/c1-25(2)23(29)27(21-12-10-20(17-26)11-13-21)24(30)28(25)22-14-8-19(9-15-22)16-18-6-4-3-5-7-18/h3-15H,16H2,1-2H3. The molecule has 1 fully saturated rings. The monoisotopic (exact) mass is 411 g/mol. The molecule has 4 rings (SSSR count). The number of nitrogens with zero attached hydrogens (tertiary/aromatic N) is 3. The summed E-state index contributed by atoms with van der Waals surface area (Å²) in [4.78, 5) is 16.7. The minimum Gasteiger partial charge on any atom is -0.304 e. The molecule has 1 aliphatic rings. The molecule has 3 aromatic rings. The lowest BCUT2D eigenvalue weighted by molar-refractivity contribution is -0.120. The number of amides is 1. The van der Waals surface area contributed by atoms with Crippen molar-refractivity contribution in [1.82, 2.24) is 0 Å². The Morgan fingerprint density at radius 3 is 2.03 bits per heavy atom. The van der Waals surface area contributed by atoms with Crippen LogP contribution in [0.15, 0.2) is 78.9 Å². The van der Waals surface area contributed by atoms with Crippen molar-refractivity contribution in [2.24, 2.45) is 0 Å². The Morgan fingerprint density at radius 1 is 0.867 bits per heavy atom. The van der Waals surface area contributed by atoms with Gasteiger partial charge in [0.1, 0.15) is 5.54 Å². The molecule has 0 spiro atoms. The average molecular weight is 412 g/mol. The second kappa shape index (κ2) is 7.74. The average Bonchev–Trinajstić information content (AvgIpc) is 2.94. The highest BCUT2D eigenvalue weighted by atomic mass is 32.1. The number of hydrogen-bond donors (Lipinski definition) is 0. The number of benzene rings is 3. The summed E-state index contributed by atoms with van der Waals surface area (Å²) in [5.74, 6) is -0.0921. The Morgan fingerprint density at radius 2 is 1.43 bits per heavy atom. The first kappa shape index (κ1) is 19.8. The van der Waals surface area contributed by atoms with E-state index in [4.69, 9.17) is 17.5 Å². The fraction of sp³-hybridized carbons (Fsp3) is 0.160. The molecule has 30 heavy (non-hydrogen) atoms. The minimum absolute atomic E-state index is 0.0921. The van der Waals surface area contributed by atoms with Crippen LogP contribution in [0.1, 0.15) is 30.5 Å². The smallest absolute Gasteiger partial charge is 0.259 e. The number of hydrogen-bond acceptors (Lipinski definition) is 3. The van der Waals surface area contributed by atoms with Crippen LogP contribution in [0, 0.1) is 11.3 Å². The van der Waals surface area contributed by atoms with Gasteiger partial charge in [-0.1, -0.05) is 42.5 Å². The molecule has 0 N–H and O–H groups in total. The SMILES string of the molecule is CC1(C)C(=O)N(c2ccc(C#N)cc2)C(=S)N1c1ccc(Cc2ccccc2)cc1. The van der Waals surface area contributed by atoms with Crippen LogP contribution in [0.2, 0.25) is 0 Å². The third-order valence-electron chi connectivity index (χ3n) is 5.37. The second-order valence-corrected chi connectivity index (χ2v) is 8.17. The van der Waals surface area contributed by atoms with Gasteiger partial charge in [0.05, 0.1) is 17.3 Å². The van der Waals surface area contributed by atoms with E-state index in [0.717, 1.165) is 12.1 Å². The topological polar surface area (TPSA) is 47.3 Å². The summed E-state index contributed by atoms with van der Waals surface area (Å²) >= 11 is 5.72. The maximum Gasteiger partial charge on any atom is 0.259 e. The Bertz CT molecular complexity index is 1130. The van der Waals surface area contributed by atoms with Gasteiger partial charge < -0.3 is 4.90 Å². The number of carbonyl (C=O) groups excluding carboxylic acids is 1. The maximum atomic E-state index is 13.2. The highest BCUT2D eigenvalue weighted by molar-refractivity contribution is 7.81. The normalized spacial score (nSPS) is 15.4. The van der Waals surface area contributed by atoms with Crippen LogP contribution in [-0.4, -0.2) is 16.6 Å². The molecule has 1 heterocycles. The molecule has 0 radical (unpaired) electrons. The van der Waals surface area contributed by atoms with Crippen LogP contribution in [0.3, 0.4) is 0 Å². The molecule has 4 nitrogen and oxygen atoms in total. The zero-order valence-electron chi connectivity index (χ0n) is 16.9.